The number of rotatable bonds is 9. The first-order valence-corrected chi connectivity index (χ1v) is 14.4. The molecule has 0 radical (unpaired) electrons. The summed E-state index contributed by atoms with van der Waals surface area (Å²) in [4.78, 5) is 20.8. The lowest BCUT2D eigenvalue weighted by molar-refractivity contribution is 0.0573. The van der Waals surface area contributed by atoms with Crippen LogP contribution in [0, 0.1) is 24.2 Å². The molecule has 0 amide bonds. The van der Waals surface area contributed by atoms with E-state index in [2.05, 4.69) is 16.0 Å². The number of halogens is 1. The molecule has 0 fully saturated rings. The van der Waals surface area contributed by atoms with Gasteiger partial charge in [-0.2, -0.15) is 14.6 Å². The number of pyridine rings is 1. The highest BCUT2D eigenvalue weighted by atomic mass is 32.2. The van der Waals surface area contributed by atoms with Gasteiger partial charge in [0.15, 0.2) is 4.90 Å². The molecule has 0 saturated carbocycles. The van der Waals surface area contributed by atoms with Crippen LogP contribution in [0.15, 0.2) is 75.2 Å². The third-order valence-electron chi connectivity index (χ3n) is 6.57. The maximum atomic E-state index is 14.0. The zero-order chi connectivity index (χ0) is 29.9. The number of aromatic nitrogens is 3. The van der Waals surface area contributed by atoms with Crippen LogP contribution in [0.4, 0.5) is 4.39 Å². The van der Waals surface area contributed by atoms with Crippen LogP contribution in [0.3, 0.4) is 0 Å². The molecule has 11 heteroatoms. The average Bonchev–Trinajstić information content (AvgIpc) is 2.93. The van der Waals surface area contributed by atoms with E-state index < -0.39 is 38.2 Å². The number of sulfone groups is 1. The van der Waals surface area contributed by atoms with Crippen molar-refractivity contribution in [2.75, 3.05) is 0 Å². The summed E-state index contributed by atoms with van der Waals surface area (Å²) in [6, 6.07) is 16.4. The van der Waals surface area contributed by atoms with E-state index in [9.17, 15) is 28.0 Å². The van der Waals surface area contributed by atoms with Gasteiger partial charge in [-0.3, -0.25) is 9.36 Å². The lowest BCUT2D eigenvalue weighted by Crippen LogP contribution is -2.34. The number of aryl methyl sites for hydroxylation is 1. The largest absolute Gasteiger partial charge is 0.492 e. The molecule has 1 unspecified atom stereocenters. The van der Waals surface area contributed by atoms with Crippen LogP contribution in [-0.2, 0) is 21.2 Å². The molecule has 41 heavy (non-hydrogen) atoms. The van der Waals surface area contributed by atoms with Gasteiger partial charge < -0.3 is 9.84 Å². The lowest BCUT2D eigenvalue weighted by atomic mass is 10.0. The number of hydrogen-bond donors (Lipinski definition) is 1. The molecule has 4 rings (SSSR count). The lowest BCUT2D eigenvalue weighted by Gasteiger charge is -2.24. The number of aromatic hydroxyl groups is 1. The van der Waals surface area contributed by atoms with Crippen molar-refractivity contribution >= 4 is 9.84 Å². The quantitative estimate of drug-likeness (QED) is 0.272. The minimum absolute atomic E-state index is 0.0454. The third kappa shape index (κ3) is 6.04. The number of nitriles is 1. The first-order valence-electron chi connectivity index (χ1n) is 12.9. The first-order chi connectivity index (χ1) is 19.5. The smallest absolute Gasteiger partial charge is 0.277 e. The third-order valence-corrected chi connectivity index (χ3v) is 8.36. The first kappa shape index (κ1) is 29.6. The van der Waals surface area contributed by atoms with Crippen LogP contribution < -0.4 is 5.56 Å². The van der Waals surface area contributed by atoms with Crippen molar-refractivity contribution in [2.24, 2.45) is 0 Å². The van der Waals surface area contributed by atoms with E-state index in [0.29, 0.717) is 34.4 Å². The fourth-order valence-electron chi connectivity index (χ4n) is 4.60. The van der Waals surface area contributed by atoms with Crippen LogP contribution >= 0.6 is 0 Å². The Kier molecular flexibility index (Phi) is 8.66. The second-order valence-corrected chi connectivity index (χ2v) is 11.6. The Morgan fingerprint density at radius 1 is 1.10 bits per heavy atom. The predicted molar refractivity (Wildman–Crippen MR) is 149 cm³/mol. The van der Waals surface area contributed by atoms with Gasteiger partial charge in [-0.25, -0.2) is 13.4 Å². The van der Waals surface area contributed by atoms with Crippen molar-refractivity contribution in [3.05, 3.63) is 99.6 Å². The van der Waals surface area contributed by atoms with E-state index in [1.165, 1.54) is 34.9 Å². The maximum absolute atomic E-state index is 14.0. The molecule has 2 aromatic carbocycles. The van der Waals surface area contributed by atoms with Crippen molar-refractivity contribution < 1.29 is 22.7 Å². The highest BCUT2D eigenvalue weighted by molar-refractivity contribution is 7.91. The minimum Gasteiger partial charge on any atom is -0.492 e. The summed E-state index contributed by atoms with van der Waals surface area (Å²) in [6.07, 6.45) is 0.126. The molecule has 1 N–H and O–H groups in total. The van der Waals surface area contributed by atoms with Gasteiger partial charge in [0, 0.05) is 11.3 Å². The molecule has 1 atom stereocenters. The van der Waals surface area contributed by atoms with E-state index in [1.807, 2.05) is 6.92 Å². The molecule has 0 aliphatic carbocycles. The molecule has 0 spiro atoms. The summed E-state index contributed by atoms with van der Waals surface area (Å²) in [5, 5.41) is 20.2. The van der Waals surface area contributed by atoms with E-state index in [0.717, 1.165) is 0 Å². The Morgan fingerprint density at radius 3 is 2.41 bits per heavy atom. The molecule has 0 saturated heterocycles. The number of nitrogens with zero attached hydrogens (tertiary/aromatic N) is 4. The molecule has 212 valence electrons. The molecule has 2 heterocycles. The van der Waals surface area contributed by atoms with Crippen molar-refractivity contribution in [2.45, 2.75) is 62.7 Å². The second kappa shape index (κ2) is 12.0. The summed E-state index contributed by atoms with van der Waals surface area (Å²) in [6.45, 7) is 6.88. The van der Waals surface area contributed by atoms with Gasteiger partial charge in [0.05, 0.1) is 28.7 Å². The van der Waals surface area contributed by atoms with E-state index in [-0.39, 0.29) is 23.4 Å². The van der Waals surface area contributed by atoms with Crippen LogP contribution in [0.1, 0.15) is 55.9 Å². The van der Waals surface area contributed by atoms with Gasteiger partial charge >= 0.3 is 0 Å². The molecule has 2 aromatic heterocycles. The van der Waals surface area contributed by atoms with Crippen LogP contribution in [0.25, 0.3) is 11.1 Å². The summed E-state index contributed by atoms with van der Waals surface area (Å²) < 4.78 is 47.9. The van der Waals surface area contributed by atoms with E-state index >= 15 is 0 Å². The number of benzene rings is 2. The summed E-state index contributed by atoms with van der Waals surface area (Å²) in [5.74, 6) is -1.52. The molecular weight excluding hydrogens is 547 g/mol. The Morgan fingerprint density at radius 2 is 1.80 bits per heavy atom. The van der Waals surface area contributed by atoms with Gasteiger partial charge in [0.1, 0.15) is 12.4 Å². The predicted octanol–water partition coefficient (Wildman–Crippen LogP) is 5.09. The van der Waals surface area contributed by atoms with Crippen LogP contribution in [-0.4, -0.2) is 34.2 Å². The number of ether oxygens (including phenoxy) is 1. The molecule has 4 aromatic rings. The van der Waals surface area contributed by atoms with Crippen LogP contribution in [0.5, 0.6) is 5.88 Å². The topological polar surface area (TPSA) is 135 Å². The molecule has 0 aliphatic rings. The molecule has 0 bridgehead atoms. The van der Waals surface area contributed by atoms with Crippen molar-refractivity contribution in [1.29, 1.82) is 5.26 Å². The van der Waals surface area contributed by atoms with Gasteiger partial charge in [-0.1, -0.05) is 31.2 Å². The SMILES string of the molecule is CCC(c1cccc(C#N)c1)n1c(COC(C)C)nc(O)c(S(=O)(=O)c2ccc(-c3ccc(F)nc3C)cc2)c1=O. The van der Waals surface area contributed by atoms with Gasteiger partial charge in [0.25, 0.3) is 5.56 Å². The second-order valence-electron chi connectivity index (χ2n) is 9.67. The summed E-state index contributed by atoms with van der Waals surface area (Å²) in [5.41, 5.74) is 1.65. The molecule has 0 aliphatic heterocycles. The fourth-order valence-corrected chi connectivity index (χ4v) is 5.94. The number of hydrogen-bond acceptors (Lipinski definition) is 8. The normalized spacial score (nSPS) is 12.3. The van der Waals surface area contributed by atoms with Crippen molar-refractivity contribution in [3.8, 4) is 23.1 Å². The average molecular weight is 577 g/mol. The summed E-state index contributed by atoms with van der Waals surface area (Å²) in [7, 11) is -4.54. The van der Waals surface area contributed by atoms with E-state index in [1.54, 1.807) is 51.1 Å². The van der Waals surface area contributed by atoms with Crippen LogP contribution in [0.2, 0.25) is 0 Å². The zero-order valence-corrected chi connectivity index (χ0v) is 23.8. The zero-order valence-electron chi connectivity index (χ0n) is 23.0. The maximum Gasteiger partial charge on any atom is 0.277 e. The monoisotopic (exact) mass is 576 g/mol. The highest BCUT2D eigenvalue weighted by Gasteiger charge is 2.32. The minimum atomic E-state index is -4.54. The fraction of sp³-hybridized carbons (Fsp3) is 0.267. The molecule has 9 nitrogen and oxygen atoms in total. The van der Waals surface area contributed by atoms with Crippen molar-refractivity contribution in [1.82, 2.24) is 14.5 Å². The van der Waals surface area contributed by atoms with Gasteiger partial charge in [-0.15, -0.1) is 0 Å². The Hall–Kier alpha value is -4.40. The standard InChI is InChI=1S/C30H29FN4O5S/c1-5-25(22-8-6-7-20(15-22)16-32)35-27(17-40-18(2)3)34-29(36)28(30(35)37)41(38,39)23-11-9-21(10-12-23)24-13-14-26(31)33-19(24)4/h6-15,18,25,36H,5,17H2,1-4H3. The van der Waals surface area contributed by atoms with Gasteiger partial charge in [-0.05, 0) is 74.7 Å². The Bertz CT molecular complexity index is 1800. The molecular formula is C30H29FN4O5S. The highest BCUT2D eigenvalue weighted by Crippen LogP contribution is 2.30. The van der Waals surface area contributed by atoms with E-state index in [4.69, 9.17) is 4.74 Å². The Balaban J connectivity index is 1.87. The van der Waals surface area contributed by atoms with Crippen molar-refractivity contribution in [3.63, 3.8) is 0 Å². The summed E-state index contributed by atoms with van der Waals surface area (Å²) >= 11 is 0. The van der Waals surface area contributed by atoms with Gasteiger partial charge in [0.2, 0.25) is 21.7 Å². The Labute approximate surface area is 237 Å².